The highest BCUT2D eigenvalue weighted by molar-refractivity contribution is 6.36. The molecule has 0 spiro atoms. The number of nitrogens with one attached hydrogen (secondary N) is 1. The van der Waals surface area contributed by atoms with Crippen LogP contribution < -0.4 is 15.8 Å². The fourth-order valence-electron chi connectivity index (χ4n) is 2.78. The van der Waals surface area contributed by atoms with E-state index in [2.05, 4.69) is 5.32 Å². The first-order valence-corrected chi connectivity index (χ1v) is 8.37. The molecule has 1 aliphatic heterocycles. The number of carbonyl (C=O) groups excluding carboxylic acids is 1. The summed E-state index contributed by atoms with van der Waals surface area (Å²) in [5.74, 6) is 0.415. The molecule has 0 unspecified atom stereocenters. The van der Waals surface area contributed by atoms with Crippen LogP contribution in [0.25, 0.3) is 16.7 Å². The number of allylic oxidation sites excluding steroid dienone is 1. The van der Waals surface area contributed by atoms with Gasteiger partial charge in [-0.2, -0.15) is 0 Å². The zero-order valence-corrected chi connectivity index (χ0v) is 14.6. The maximum Gasteiger partial charge on any atom is 0.259 e. The first-order chi connectivity index (χ1) is 12.0. The molecular formula is C19H19ClN2O3. The van der Waals surface area contributed by atoms with Gasteiger partial charge in [0, 0.05) is 11.1 Å². The number of hydrogen-bond donors (Lipinski definition) is 3. The topological polar surface area (TPSA) is 84.6 Å². The quantitative estimate of drug-likeness (QED) is 0.429. The van der Waals surface area contributed by atoms with Gasteiger partial charge in [-0.05, 0) is 49.7 Å². The number of benzene rings is 2. The minimum atomic E-state index is -0.327. The number of nitrogens with two attached hydrogens (primary N) is 1. The van der Waals surface area contributed by atoms with Gasteiger partial charge in [0.05, 0.1) is 22.9 Å². The standard InChI is InChI=1S/C19H19ClN2O3/c1-11(23)18-15-9-14(16(20)10-17(15)22-19(18)24)12-3-5-13(6-4-12)25-8-2-7-21/h3-6,9-10,23H,2,7-8,21H2,1H3,(H,22,24)/b18-11+. The van der Waals surface area contributed by atoms with Crippen molar-refractivity contribution in [1.82, 2.24) is 0 Å². The second-order valence-corrected chi connectivity index (χ2v) is 6.21. The molecule has 2 aromatic rings. The van der Waals surface area contributed by atoms with E-state index in [9.17, 15) is 9.90 Å². The zero-order chi connectivity index (χ0) is 18.0. The largest absolute Gasteiger partial charge is 0.512 e. The van der Waals surface area contributed by atoms with Gasteiger partial charge in [-0.25, -0.2) is 0 Å². The van der Waals surface area contributed by atoms with Gasteiger partial charge in [0.15, 0.2) is 0 Å². The summed E-state index contributed by atoms with van der Waals surface area (Å²) in [6, 6.07) is 11.1. The van der Waals surface area contributed by atoms with E-state index in [-0.39, 0.29) is 17.2 Å². The zero-order valence-electron chi connectivity index (χ0n) is 13.8. The lowest BCUT2D eigenvalue weighted by Crippen LogP contribution is -2.05. The molecule has 0 aromatic heterocycles. The molecule has 25 heavy (non-hydrogen) atoms. The van der Waals surface area contributed by atoms with E-state index in [4.69, 9.17) is 22.1 Å². The minimum Gasteiger partial charge on any atom is -0.512 e. The number of anilines is 1. The van der Waals surface area contributed by atoms with Gasteiger partial charge in [-0.3, -0.25) is 4.79 Å². The number of amides is 1. The van der Waals surface area contributed by atoms with Crippen molar-refractivity contribution in [2.75, 3.05) is 18.5 Å². The lowest BCUT2D eigenvalue weighted by molar-refractivity contribution is -0.110. The number of hydrogen-bond acceptors (Lipinski definition) is 4. The van der Waals surface area contributed by atoms with Gasteiger partial charge in [0.25, 0.3) is 5.91 Å². The van der Waals surface area contributed by atoms with Gasteiger partial charge >= 0.3 is 0 Å². The minimum absolute atomic E-state index is 0.0202. The Bertz CT molecular complexity index is 840. The Labute approximate surface area is 151 Å². The lowest BCUT2D eigenvalue weighted by atomic mass is 9.98. The Morgan fingerprint density at radius 3 is 2.60 bits per heavy atom. The number of rotatable bonds is 5. The van der Waals surface area contributed by atoms with Crippen molar-refractivity contribution in [1.29, 1.82) is 0 Å². The molecule has 0 saturated carbocycles. The third-order valence-electron chi connectivity index (χ3n) is 4.00. The van der Waals surface area contributed by atoms with Crippen LogP contribution >= 0.6 is 11.6 Å². The van der Waals surface area contributed by atoms with Crippen LogP contribution in [0.2, 0.25) is 5.02 Å². The number of ether oxygens (including phenoxy) is 1. The lowest BCUT2D eigenvalue weighted by Gasteiger charge is -2.10. The van der Waals surface area contributed by atoms with Gasteiger partial charge < -0.3 is 20.9 Å². The summed E-state index contributed by atoms with van der Waals surface area (Å²) in [5.41, 5.74) is 8.65. The molecule has 130 valence electrons. The average molecular weight is 359 g/mol. The second kappa shape index (κ2) is 7.17. The molecule has 0 aliphatic carbocycles. The van der Waals surface area contributed by atoms with Crippen molar-refractivity contribution in [3.05, 3.63) is 52.7 Å². The van der Waals surface area contributed by atoms with Crippen LogP contribution in [0.15, 0.2) is 42.2 Å². The SMILES string of the molecule is C/C(O)=C1\C(=O)Nc2cc(Cl)c(-c3ccc(OCCCN)cc3)cc21. The molecule has 1 amide bonds. The molecule has 2 aromatic carbocycles. The molecule has 0 bridgehead atoms. The van der Waals surface area contributed by atoms with Crippen LogP contribution in [-0.4, -0.2) is 24.2 Å². The van der Waals surface area contributed by atoms with Crippen molar-refractivity contribution in [3.8, 4) is 16.9 Å². The number of carbonyl (C=O) groups is 1. The highest BCUT2D eigenvalue weighted by atomic mass is 35.5. The maximum atomic E-state index is 12.0. The summed E-state index contributed by atoms with van der Waals surface area (Å²) < 4.78 is 5.60. The Morgan fingerprint density at radius 2 is 1.96 bits per heavy atom. The first kappa shape index (κ1) is 17.3. The van der Waals surface area contributed by atoms with Gasteiger partial charge in [0.1, 0.15) is 11.5 Å². The van der Waals surface area contributed by atoms with Crippen LogP contribution in [0.3, 0.4) is 0 Å². The monoisotopic (exact) mass is 358 g/mol. The fraction of sp³-hybridized carbons (Fsp3) is 0.211. The fourth-order valence-corrected chi connectivity index (χ4v) is 3.05. The van der Waals surface area contributed by atoms with Crippen molar-refractivity contribution >= 4 is 28.8 Å². The van der Waals surface area contributed by atoms with E-state index in [0.29, 0.717) is 29.4 Å². The van der Waals surface area contributed by atoms with Crippen LogP contribution in [0.4, 0.5) is 5.69 Å². The summed E-state index contributed by atoms with van der Waals surface area (Å²) in [7, 11) is 0. The summed E-state index contributed by atoms with van der Waals surface area (Å²) in [4.78, 5) is 12.0. The normalized spacial score (nSPS) is 14.9. The predicted molar refractivity (Wildman–Crippen MR) is 99.9 cm³/mol. The molecule has 4 N–H and O–H groups in total. The molecule has 0 fully saturated rings. The number of aliphatic hydroxyl groups excluding tert-OH is 1. The molecule has 0 saturated heterocycles. The van der Waals surface area contributed by atoms with E-state index in [1.807, 2.05) is 30.3 Å². The van der Waals surface area contributed by atoms with Crippen LogP contribution in [0, 0.1) is 0 Å². The highest BCUT2D eigenvalue weighted by Gasteiger charge is 2.28. The number of aliphatic hydroxyl groups is 1. The Balaban J connectivity index is 1.94. The van der Waals surface area contributed by atoms with E-state index < -0.39 is 0 Å². The Hall–Kier alpha value is -2.50. The van der Waals surface area contributed by atoms with Crippen LogP contribution in [0.5, 0.6) is 5.75 Å². The molecule has 5 nitrogen and oxygen atoms in total. The highest BCUT2D eigenvalue weighted by Crippen LogP contribution is 2.40. The van der Waals surface area contributed by atoms with E-state index in [0.717, 1.165) is 23.3 Å². The van der Waals surface area contributed by atoms with E-state index >= 15 is 0 Å². The number of halogens is 1. The van der Waals surface area contributed by atoms with Crippen molar-refractivity contribution in [3.63, 3.8) is 0 Å². The molecular weight excluding hydrogens is 340 g/mol. The van der Waals surface area contributed by atoms with Crippen LogP contribution in [-0.2, 0) is 4.79 Å². The summed E-state index contributed by atoms with van der Waals surface area (Å²) in [6.45, 7) is 2.66. The molecule has 6 heteroatoms. The van der Waals surface area contributed by atoms with Crippen LogP contribution in [0.1, 0.15) is 18.9 Å². The second-order valence-electron chi connectivity index (χ2n) is 5.81. The first-order valence-electron chi connectivity index (χ1n) is 7.99. The maximum absolute atomic E-state index is 12.0. The summed E-state index contributed by atoms with van der Waals surface area (Å²) in [5, 5.41) is 13.0. The van der Waals surface area contributed by atoms with E-state index in [1.165, 1.54) is 6.92 Å². The van der Waals surface area contributed by atoms with Crippen molar-refractivity contribution < 1.29 is 14.6 Å². The van der Waals surface area contributed by atoms with Gasteiger partial charge in [-0.1, -0.05) is 23.7 Å². The molecule has 0 atom stereocenters. The Kier molecular flexibility index (Phi) is 4.97. The van der Waals surface area contributed by atoms with Gasteiger partial charge in [-0.15, -0.1) is 0 Å². The van der Waals surface area contributed by atoms with E-state index in [1.54, 1.807) is 6.07 Å². The third kappa shape index (κ3) is 3.48. The number of fused-ring (bicyclic) bond motifs is 1. The molecule has 1 aliphatic rings. The molecule has 1 heterocycles. The smallest absolute Gasteiger partial charge is 0.259 e. The van der Waals surface area contributed by atoms with Crippen molar-refractivity contribution in [2.24, 2.45) is 5.73 Å². The predicted octanol–water partition coefficient (Wildman–Crippen LogP) is 3.98. The summed E-state index contributed by atoms with van der Waals surface area (Å²) >= 11 is 6.38. The third-order valence-corrected chi connectivity index (χ3v) is 4.31. The van der Waals surface area contributed by atoms with Gasteiger partial charge in [0.2, 0.25) is 0 Å². The molecule has 0 radical (unpaired) electrons. The summed E-state index contributed by atoms with van der Waals surface area (Å²) in [6.07, 6.45) is 0.801. The van der Waals surface area contributed by atoms with Crippen molar-refractivity contribution in [2.45, 2.75) is 13.3 Å². The Morgan fingerprint density at radius 1 is 1.24 bits per heavy atom. The molecule has 3 rings (SSSR count). The average Bonchev–Trinajstić information content (AvgIpc) is 2.90.